The molecule has 0 aliphatic heterocycles. The van der Waals surface area contributed by atoms with Crippen molar-refractivity contribution >= 4 is 23.7 Å². The second-order valence-electron chi connectivity index (χ2n) is 5.99. The zero-order chi connectivity index (χ0) is 16.9. The normalized spacial score (nSPS) is 12.5. The van der Waals surface area contributed by atoms with Gasteiger partial charge in [0, 0.05) is 18.6 Å². The van der Waals surface area contributed by atoms with Crippen LogP contribution in [0, 0.1) is 0 Å². The van der Waals surface area contributed by atoms with E-state index in [0.717, 1.165) is 0 Å². The number of carbonyl (C=O) groups excluding carboxylic acids is 2. The Bertz CT molecular complexity index is 539. The predicted octanol–water partition coefficient (Wildman–Crippen LogP) is 3.46. The molecule has 0 saturated heterocycles. The summed E-state index contributed by atoms with van der Waals surface area (Å²) in [6, 6.07) is 6.93. The van der Waals surface area contributed by atoms with Crippen LogP contribution in [0.2, 0.25) is 5.02 Å². The molecule has 0 spiro atoms. The standard InChI is InChI=1S/C16H22ClNO4/c1-16(2,3)22-15(20)18(4)10-13(14(19)21-5)11-7-6-8-12(17)9-11/h6-9,13H,10H2,1-5H3. The molecule has 22 heavy (non-hydrogen) atoms. The fraction of sp³-hybridized carbons (Fsp3) is 0.500. The number of benzene rings is 1. The first-order valence-corrected chi connectivity index (χ1v) is 7.29. The fourth-order valence-electron chi connectivity index (χ4n) is 1.87. The first kappa shape index (κ1) is 18.3. The first-order chi connectivity index (χ1) is 10.1. The van der Waals surface area contributed by atoms with Crippen LogP contribution in [-0.2, 0) is 14.3 Å². The molecular weight excluding hydrogens is 306 g/mol. The molecule has 0 aromatic heterocycles. The minimum atomic E-state index is -0.624. The predicted molar refractivity (Wildman–Crippen MR) is 85.1 cm³/mol. The summed E-state index contributed by atoms with van der Waals surface area (Å²) < 4.78 is 10.1. The molecule has 0 fully saturated rings. The number of rotatable bonds is 4. The molecule has 0 N–H and O–H groups in total. The van der Waals surface area contributed by atoms with E-state index >= 15 is 0 Å². The number of hydrogen-bond acceptors (Lipinski definition) is 4. The second-order valence-corrected chi connectivity index (χ2v) is 6.43. The molecule has 6 heteroatoms. The smallest absolute Gasteiger partial charge is 0.410 e. The Morgan fingerprint density at radius 3 is 2.45 bits per heavy atom. The molecule has 0 saturated carbocycles. The van der Waals surface area contributed by atoms with Crippen LogP contribution in [0.15, 0.2) is 24.3 Å². The van der Waals surface area contributed by atoms with E-state index in [1.807, 2.05) is 0 Å². The average Bonchev–Trinajstić information content (AvgIpc) is 2.41. The van der Waals surface area contributed by atoms with Crippen LogP contribution in [0.25, 0.3) is 0 Å². The molecule has 1 aromatic rings. The van der Waals surface area contributed by atoms with E-state index in [9.17, 15) is 9.59 Å². The van der Waals surface area contributed by atoms with Gasteiger partial charge in [0.2, 0.25) is 0 Å². The highest BCUT2D eigenvalue weighted by Crippen LogP contribution is 2.22. The van der Waals surface area contributed by atoms with Gasteiger partial charge in [0.05, 0.1) is 13.0 Å². The SMILES string of the molecule is COC(=O)C(CN(C)C(=O)OC(C)(C)C)c1cccc(Cl)c1. The number of carbonyl (C=O) groups is 2. The van der Waals surface area contributed by atoms with Gasteiger partial charge in [-0.15, -0.1) is 0 Å². The Balaban J connectivity index is 2.91. The number of likely N-dealkylation sites (N-methyl/N-ethyl adjacent to an activating group) is 1. The van der Waals surface area contributed by atoms with Crippen molar-refractivity contribution in [1.82, 2.24) is 4.90 Å². The van der Waals surface area contributed by atoms with Crippen LogP contribution in [0.1, 0.15) is 32.3 Å². The minimum Gasteiger partial charge on any atom is -0.468 e. The Labute approximate surface area is 136 Å². The molecule has 1 unspecified atom stereocenters. The highest BCUT2D eigenvalue weighted by Gasteiger charge is 2.27. The van der Waals surface area contributed by atoms with E-state index in [1.165, 1.54) is 12.0 Å². The van der Waals surface area contributed by atoms with Gasteiger partial charge in [-0.1, -0.05) is 23.7 Å². The Morgan fingerprint density at radius 1 is 1.32 bits per heavy atom. The van der Waals surface area contributed by atoms with Crippen LogP contribution in [0.3, 0.4) is 0 Å². The molecule has 5 nitrogen and oxygen atoms in total. The molecule has 0 aliphatic rings. The van der Waals surface area contributed by atoms with Crippen LogP contribution in [0.5, 0.6) is 0 Å². The van der Waals surface area contributed by atoms with E-state index in [4.69, 9.17) is 21.1 Å². The molecule has 1 aromatic carbocycles. The lowest BCUT2D eigenvalue weighted by molar-refractivity contribution is -0.142. The monoisotopic (exact) mass is 327 g/mol. The fourth-order valence-corrected chi connectivity index (χ4v) is 2.07. The topological polar surface area (TPSA) is 55.8 Å². The lowest BCUT2D eigenvalue weighted by atomic mass is 9.99. The summed E-state index contributed by atoms with van der Waals surface area (Å²) in [5.41, 5.74) is 0.0945. The van der Waals surface area contributed by atoms with Crippen molar-refractivity contribution in [3.63, 3.8) is 0 Å². The summed E-state index contributed by atoms with van der Waals surface area (Å²) in [5, 5.41) is 0.520. The third-order valence-corrected chi connectivity index (χ3v) is 3.13. The summed E-state index contributed by atoms with van der Waals surface area (Å²) >= 11 is 5.97. The van der Waals surface area contributed by atoms with E-state index in [2.05, 4.69) is 0 Å². The molecule has 0 radical (unpaired) electrons. The maximum absolute atomic E-state index is 12.0. The molecule has 0 aliphatic carbocycles. The lowest BCUT2D eigenvalue weighted by Crippen LogP contribution is -2.38. The number of hydrogen-bond donors (Lipinski definition) is 0. The second kappa shape index (κ2) is 7.49. The van der Waals surface area contributed by atoms with E-state index in [1.54, 1.807) is 52.1 Å². The quantitative estimate of drug-likeness (QED) is 0.795. The average molecular weight is 328 g/mol. The Hall–Kier alpha value is -1.75. The Kier molecular flexibility index (Phi) is 6.23. The first-order valence-electron chi connectivity index (χ1n) is 6.91. The summed E-state index contributed by atoms with van der Waals surface area (Å²) in [6.07, 6.45) is -0.497. The van der Waals surface area contributed by atoms with Crippen LogP contribution in [0.4, 0.5) is 4.79 Å². The van der Waals surface area contributed by atoms with Crippen molar-refractivity contribution in [1.29, 1.82) is 0 Å². The zero-order valence-electron chi connectivity index (χ0n) is 13.6. The third-order valence-electron chi connectivity index (χ3n) is 2.90. The summed E-state index contributed by atoms with van der Waals surface area (Å²) in [5.74, 6) is -1.06. The lowest BCUT2D eigenvalue weighted by Gasteiger charge is -2.27. The number of esters is 1. The van der Waals surface area contributed by atoms with Crippen molar-refractivity contribution in [3.05, 3.63) is 34.9 Å². The molecule has 0 heterocycles. The molecule has 0 bridgehead atoms. The number of methoxy groups -OCH3 is 1. The molecule has 1 atom stereocenters. The van der Waals surface area contributed by atoms with Crippen molar-refractivity contribution < 1.29 is 19.1 Å². The van der Waals surface area contributed by atoms with Gasteiger partial charge in [0.25, 0.3) is 0 Å². The van der Waals surface area contributed by atoms with Gasteiger partial charge in [-0.2, -0.15) is 0 Å². The van der Waals surface area contributed by atoms with Gasteiger partial charge >= 0.3 is 12.1 Å². The van der Waals surface area contributed by atoms with Crippen LogP contribution >= 0.6 is 11.6 Å². The van der Waals surface area contributed by atoms with Crippen molar-refractivity contribution in [2.75, 3.05) is 20.7 Å². The van der Waals surface area contributed by atoms with Gasteiger partial charge < -0.3 is 14.4 Å². The van der Waals surface area contributed by atoms with Crippen molar-refractivity contribution in [3.8, 4) is 0 Å². The summed E-state index contributed by atoms with van der Waals surface area (Å²) in [7, 11) is 2.89. The van der Waals surface area contributed by atoms with E-state index in [0.29, 0.717) is 10.6 Å². The maximum Gasteiger partial charge on any atom is 0.410 e. The number of amides is 1. The zero-order valence-corrected chi connectivity index (χ0v) is 14.3. The van der Waals surface area contributed by atoms with Crippen LogP contribution < -0.4 is 0 Å². The van der Waals surface area contributed by atoms with Gasteiger partial charge in [-0.3, -0.25) is 4.79 Å². The largest absolute Gasteiger partial charge is 0.468 e. The summed E-state index contributed by atoms with van der Waals surface area (Å²) in [4.78, 5) is 25.4. The van der Waals surface area contributed by atoms with Crippen LogP contribution in [-0.4, -0.2) is 43.3 Å². The third kappa shape index (κ3) is 5.56. The number of halogens is 1. The van der Waals surface area contributed by atoms with Gasteiger partial charge in [0.1, 0.15) is 5.60 Å². The van der Waals surface area contributed by atoms with Crippen molar-refractivity contribution in [2.24, 2.45) is 0 Å². The molecule has 1 amide bonds. The maximum atomic E-state index is 12.0. The molecular formula is C16H22ClNO4. The van der Waals surface area contributed by atoms with E-state index < -0.39 is 23.6 Å². The van der Waals surface area contributed by atoms with E-state index in [-0.39, 0.29) is 6.54 Å². The number of nitrogens with zero attached hydrogens (tertiary/aromatic N) is 1. The summed E-state index contributed by atoms with van der Waals surface area (Å²) in [6.45, 7) is 5.50. The van der Waals surface area contributed by atoms with Crippen molar-refractivity contribution in [2.45, 2.75) is 32.3 Å². The molecule has 122 valence electrons. The molecule has 1 rings (SSSR count). The highest BCUT2D eigenvalue weighted by atomic mass is 35.5. The minimum absolute atomic E-state index is 0.141. The van der Waals surface area contributed by atoms with Gasteiger partial charge in [-0.05, 0) is 38.5 Å². The Morgan fingerprint density at radius 2 is 1.95 bits per heavy atom. The van der Waals surface area contributed by atoms with Gasteiger partial charge in [0.15, 0.2) is 0 Å². The number of ether oxygens (including phenoxy) is 2. The highest BCUT2D eigenvalue weighted by molar-refractivity contribution is 6.30. The van der Waals surface area contributed by atoms with Gasteiger partial charge in [-0.25, -0.2) is 4.79 Å².